The van der Waals surface area contributed by atoms with E-state index in [9.17, 15) is 18.0 Å². The summed E-state index contributed by atoms with van der Waals surface area (Å²) in [7, 11) is 1.65. The van der Waals surface area contributed by atoms with E-state index in [0.717, 1.165) is 43.9 Å². The molecule has 7 heteroatoms. The summed E-state index contributed by atoms with van der Waals surface area (Å²) in [4.78, 5) is 16.6. The number of methoxy groups -OCH3 is 1. The Balaban J connectivity index is 1.50. The minimum Gasteiger partial charge on any atom is -0.497 e. The number of hydrogen-bond donors (Lipinski definition) is 0. The van der Waals surface area contributed by atoms with Crippen molar-refractivity contribution < 1.29 is 22.7 Å². The fourth-order valence-corrected chi connectivity index (χ4v) is 3.51. The van der Waals surface area contributed by atoms with Crippen LogP contribution in [0.4, 0.5) is 13.2 Å². The van der Waals surface area contributed by atoms with Gasteiger partial charge in [-0.3, -0.25) is 9.69 Å². The summed E-state index contributed by atoms with van der Waals surface area (Å²) in [6.07, 6.45) is -3.47. The van der Waals surface area contributed by atoms with Crippen LogP contribution in [0.3, 0.4) is 0 Å². The van der Waals surface area contributed by atoms with Crippen LogP contribution in [0.15, 0.2) is 42.5 Å². The largest absolute Gasteiger partial charge is 0.497 e. The third-order valence-electron chi connectivity index (χ3n) is 5.37. The molecule has 3 rings (SSSR count). The summed E-state index contributed by atoms with van der Waals surface area (Å²) < 4.78 is 43.2. The van der Waals surface area contributed by atoms with Crippen LogP contribution in [0.5, 0.6) is 5.75 Å². The molecule has 0 bridgehead atoms. The van der Waals surface area contributed by atoms with E-state index >= 15 is 0 Å². The van der Waals surface area contributed by atoms with Crippen LogP contribution >= 0.6 is 0 Å². The molecule has 2 aromatic rings. The van der Waals surface area contributed by atoms with E-state index in [2.05, 4.69) is 17.9 Å². The second kappa shape index (κ2) is 8.86. The molecule has 1 amide bonds. The number of carbonyl (C=O) groups excluding carboxylic acids is 1. The molecule has 0 aromatic heterocycles. The zero-order chi connectivity index (χ0) is 21.0. The number of carbonyl (C=O) groups is 1. The summed E-state index contributed by atoms with van der Waals surface area (Å²) in [5.74, 6) is 0.631. The number of aryl methyl sites for hydroxylation is 1. The monoisotopic (exact) mass is 406 g/mol. The molecule has 156 valence electrons. The highest BCUT2D eigenvalue weighted by molar-refractivity contribution is 5.94. The Kier molecular flexibility index (Phi) is 6.47. The molecular weight excluding hydrogens is 381 g/mol. The quantitative estimate of drug-likeness (QED) is 0.752. The van der Waals surface area contributed by atoms with Crippen LogP contribution in [0.25, 0.3) is 0 Å². The van der Waals surface area contributed by atoms with Crippen molar-refractivity contribution >= 4 is 5.91 Å². The third kappa shape index (κ3) is 5.29. The molecule has 0 aliphatic carbocycles. The molecule has 0 atom stereocenters. The van der Waals surface area contributed by atoms with Crippen LogP contribution in [0, 0.1) is 6.92 Å². The standard InChI is InChI=1S/C22H25F3N2O2/c1-16-15-20(29-2)8-5-17(16)9-10-26-11-13-27(14-12-26)21(28)18-3-6-19(7-4-18)22(23,24)25/h3-8,15H,9-14H2,1-2H3. The average molecular weight is 406 g/mol. The van der Waals surface area contributed by atoms with Crippen molar-refractivity contribution in [1.82, 2.24) is 9.80 Å². The molecule has 4 nitrogen and oxygen atoms in total. The Bertz CT molecular complexity index is 842. The molecule has 1 fully saturated rings. The number of alkyl halides is 3. The van der Waals surface area contributed by atoms with Gasteiger partial charge in [-0.25, -0.2) is 0 Å². The van der Waals surface area contributed by atoms with Gasteiger partial charge >= 0.3 is 6.18 Å². The zero-order valence-electron chi connectivity index (χ0n) is 16.6. The number of ether oxygens (including phenoxy) is 1. The highest BCUT2D eigenvalue weighted by atomic mass is 19.4. The van der Waals surface area contributed by atoms with E-state index in [-0.39, 0.29) is 5.91 Å². The minimum absolute atomic E-state index is 0.218. The fraction of sp³-hybridized carbons (Fsp3) is 0.409. The van der Waals surface area contributed by atoms with Gasteiger partial charge in [-0.1, -0.05) is 6.07 Å². The summed E-state index contributed by atoms with van der Waals surface area (Å²) in [6.45, 7) is 5.61. The second-order valence-corrected chi connectivity index (χ2v) is 7.25. The molecule has 29 heavy (non-hydrogen) atoms. The first kappa shape index (κ1) is 21.2. The first-order chi connectivity index (χ1) is 13.8. The summed E-state index contributed by atoms with van der Waals surface area (Å²) >= 11 is 0. The smallest absolute Gasteiger partial charge is 0.416 e. The predicted octanol–water partition coefficient (Wildman–Crippen LogP) is 4.02. The number of halogens is 3. The second-order valence-electron chi connectivity index (χ2n) is 7.25. The third-order valence-corrected chi connectivity index (χ3v) is 5.37. The highest BCUT2D eigenvalue weighted by Gasteiger charge is 2.30. The van der Waals surface area contributed by atoms with Gasteiger partial charge in [-0.05, 0) is 60.9 Å². The molecular formula is C22H25F3N2O2. The average Bonchev–Trinajstić information content (AvgIpc) is 2.72. The number of benzene rings is 2. The molecule has 1 saturated heterocycles. The normalized spacial score (nSPS) is 15.4. The lowest BCUT2D eigenvalue weighted by Gasteiger charge is -2.35. The Morgan fingerprint density at radius 1 is 1.03 bits per heavy atom. The van der Waals surface area contributed by atoms with Gasteiger partial charge in [-0.2, -0.15) is 13.2 Å². The van der Waals surface area contributed by atoms with Gasteiger partial charge in [0.05, 0.1) is 12.7 Å². The molecule has 1 aliphatic rings. The minimum atomic E-state index is -4.39. The van der Waals surface area contributed by atoms with Crippen molar-refractivity contribution in [2.75, 3.05) is 39.8 Å². The topological polar surface area (TPSA) is 32.8 Å². The van der Waals surface area contributed by atoms with Gasteiger partial charge in [0.15, 0.2) is 0 Å². The van der Waals surface area contributed by atoms with Gasteiger partial charge in [0.25, 0.3) is 5.91 Å². The van der Waals surface area contributed by atoms with E-state index < -0.39 is 11.7 Å². The van der Waals surface area contributed by atoms with E-state index in [1.807, 2.05) is 12.1 Å². The summed E-state index contributed by atoms with van der Waals surface area (Å²) in [5.41, 5.74) is 2.02. The molecule has 2 aromatic carbocycles. The van der Waals surface area contributed by atoms with Crippen molar-refractivity contribution in [3.05, 3.63) is 64.7 Å². The molecule has 0 saturated carbocycles. The molecule has 0 radical (unpaired) electrons. The SMILES string of the molecule is COc1ccc(CCN2CCN(C(=O)c3ccc(C(F)(F)F)cc3)CC2)c(C)c1. The van der Waals surface area contributed by atoms with Crippen LogP contribution in [0.1, 0.15) is 27.0 Å². The molecule has 0 unspecified atom stereocenters. The first-order valence-electron chi connectivity index (χ1n) is 9.60. The number of nitrogens with zero attached hydrogens (tertiary/aromatic N) is 2. The van der Waals surface area contributed by atoms with Crippen LogP contribution in [0.2, 0.25) is 0 Å². The van der Waals surface area contributed by atoms with E-state index in [4.69, 9.17) is 4.74 Å². The van der Waals surface area contributed by atoms with Gasteiger partial charge < -0.3 is 9.64 Å². The van der Waals surface area contributed by atoms with Crippen molar-refractivity contribution in [2.24, 2.45) is 0 Å². The fourth-order valence-electron chi connectivity index (χ4n) is 3.51. The highest BCUT2D eigenvalue weighted by Crippen LogP contribution is 2.29. The summed E-state index contributed by atoms with van der Waals surface area (Å²) in [5, 5.41) is 0. The van der Waals surface area contributed by atoms with E-state index in [0.29, 0.717) is 18.7 Å². The van der Waals surface area contributed by atoms with Crippen molar-refractivity contribution in [1.29, 1.82) is 0 Å². The maximum absolute atomic E-state index is 12.7. The first-order valence-corrected chi connectivity index (χ1v) is 9.60. The van der Waals surface area contributed by atoms with Crippen LogP contribution < -0.4 is 4.74 Å². The van der Waals surface area contributed by atoms with Gasteiger partial charge in [-0.15, -0.1) is 0 Å². The number of rotatable bonds is 5. The van der Waals surface area contributed by atoms with Gasteiger partial charge in [0.2, 0.25) is 0 Å². The Labute approximate surface area is 168 Å². The molecule has 0 spiro atoms. The predicted molar refractivity (Wildman–Crippen MR) is 105 cm³/mol. The van der Waals surface area contributed by atoms with Crippen LogP contribution in [-0.4, -0.2) is 55.5 Å². The lowest BCUT2D eigenvalue weighted by Crippen LogP contribution is -2.49. The lowest BCUT2D eigenvalue weighted by molar-refractivity contribution is -0.137. The number of hydrogen-bond acceptors (Lipinski definition) is 3. The molecule has 1 heterocycles. The van der Waals surface area contributed by atoms with E-state index in [1.54, 1.807) is 12.0 Å². The maximum Gasteiger partial charge on any atom is 0.416 e. The lowest BCUT2D eigenvalue weighted by atomic mass is 10.0. The number of amides is 1. The van der Waals surface area contributed by atoms with Crippen LogP contribution in [-0.2, 0) is 12.6 Å². The maximum atomic E-state index is 12.7. The Morgan fingerprint density at radius 2 is 1.69 bits per heavy atom. The molecule has 0 N–H and O–H groups in total. The zero-order valence-corrected chi connectivity index (χ0v) is 16.6. The Hall–Kier alpha value is -2.54. The molecule has 1 aliphatic heterocycles. The van der Waals surface area contributed by atoms with Gasteiger partial charge in [0.1, 0.15) is 5.75 Å². The van der Waals surface area contributed by atoms with Crippen molar-refractivity contribution in [3.8, 4) is 5.75 Å². The number of piperazine rings is 1. The Morgan fingerprint density at radius 3 is 2.24 bits per heavy atom. The van der Waals surface area contributed by atoms with Crippen molar-refractivity contribution in [3.63, 3.8) is 0 Å². The van der Waals surface area contributed by atoms with Gasteiger partial charge in [0, 0.05) is 38.3 Å². The van der Waals surface area contributed by atoms with Crippen molar-refractivity contribution in [2.45, 2.75) is 19.5 Å². The summed E-state index contributed by atoms with van der Waals surface area (Å²) in [6, 6.07) is 10.5. The van der Waals surface area contributed by atoms with E-state index in [1.165, 1.54) is 23.3 Å².